The highest BCUT2D eigenvalue weighted by Gasteiger charge is 2.29. The number of fused-ring (bicyclic) bond motifs is 1. The molecule has 1 saturated heterocycles. The number of anilines is 1. The quantitative estimate of drug-likeness (QED) is 0.364. The van der Waals surface area contributed by atoms with Gasteiger partial charge in [-0.25, -0.2) is 9.97 Å². The van der Waals surface area contributed by atoms with Crippen LogP contribution in [-0.4, -0.2) is 40.4 Å². The first-order valence-electron chi connectivity index (χ1n) is 12.9. The lowest BCUT2D eigenvalue weighted by Crippen LogP contribution is -2.39. The van der Waals surface area contributed by atoms with Gasteiger partial charge < -0.3 is 9.80 Å². The largest absolute Gasteiger partial charge is 0.356 e. The van der Waals surface area contributed by atoms with Crippen molar-refractivity contribution in [3.63, 3.8) is 0 Å². The van der Waals surface area contributed by atoms with Crippen molar-refractivity contribution in [2.75, 3.05) is 24.5 Å². The Morgan fingerprint density at radius 1 is 0.667 bits per heavy atom. The average molecular weight is 475 g/mol. The van der Waals surface area contributed by atoms with Crippen molar-refractivity contribution < 1.29 is 4.79 Å². The van der Waals surface area contributed by atoms with Gasteiger partial charge in [0.25, 0.3) is 5.91 Å². The minimum atomic E-state index is 0.0667. The van der Waals surface area contributed by atoms with Crippen LogP contribution in [0.25, 0.3) is 22.5 Å². The first kappa shape index (κ1) is 22.5. The van der Waals surface area contributed by atoms with Crippen LogP contribution in [0.5, 0.6) is 0 Å². The second-order valence-corrected chi connectivity index (χ2v) is 9.63. The van der Waals surface area contributed by atoms with Gasteiger partial charge in [-0.1, -0.05) is 72.8 Å². The van der Waals surface area contributed by atoms with E-state index < -0.39 is 0 Å². The predicted octanol–water partition coefficient (Wildman–Crippen LogP) is 6.00. The lowest BCUT2D eigenvalue weighted by Gasteiger charge is -2.34. The molecule has 6 rings (SSSR count). The van der Waals surface area contributed by atoms with Gasteiger partial charge in [0.2, 0.25) is 0 Å². The molecule has 5 nitrogen and oxygen atoms in total. The number of carbonyl (C=O) groups is 1. The van der Waals surface area contributed by atoms with Crippen molar-refractivity contribution in [1.82, 2.24) is 14.9 Å². The van der Waals surface area contributed by atoms with Crippen LogP contribution in [0, 0.1) is 0 Å². The van der Waals surface area contributed by atoms with Gasteiger partial charge in [0.1, 0.15) is 5.82 Å². The fraction of sp³-hybridized carbons (Fsp3) is 0.258. The lowest BCUT2D eigenvalue weighted by molar-refractivity contribution is 0.0733. The summed E-state index contributed by atoms with van der Waals surface area (Å²) < 4.78 is 0. The maximum atomic E-state index is 13.5. The Morgan fingerprint density at radius 3 is 2.00 bits per heavy atom. The summed E-state index contributed by atoms with van der Waals surface area (Å²) >= 11 is 0. The zero-order valence-electron chi connectivity index (χ0n) is 20.4. The minimum Gasteiger partial charge on any atom is -0.356 e. The summed E-state index contributed by atoms with van der Waals surface area (Å²) in [5, 5.41) is 0. The molecule has 1 aromatic heterocycles. The number of piperidine rings is 1. The summed E-state index contributed by atoms with van der Waals surface area (Å²) in [7, 11) is 0. The van der Waals surface area contributed by atoms with E-state index in [4.69, 9.17) is 9.97 Å². The molecule has 0 N–H and O–H groups in total. The Morgan fingerprint density at radius 2 is 1.31 bits per heavy atom. The highest BCUT2D eigenvalue weighted by atomic mass is 16.2. The molecular weight excluding hydrogens is 444 g/mol. The molecule has 180 valence electrons. The first-order valence-corrected chi connectivity index (χ1v) is 12.9. The molecule has 2 aliphatic rings. The van der Waals surface area contributed by atoms with Gasteiger partial charge in [-0.15, -0.1) is 0 Å². The number of benzene rings is 3. The van der Waals surface area contributed by atoms with E-state index >= 15 is 0 Å². The summed E-state index contributed by atoms with van der Waals surface area (Å²) in [6.07, 6.45) is 4.36. The third-order valence-corrected chi connectivity index (χ3v) is 7.25. The Kier molecular flexibility index (Phi) is 6.20. The van der Waals surface area contributed by atoms with E-state index in [2.05, 4.69) is 29.2 Å². The molecular formula is C31H30N4O. The third kappa shape index (κ3) is 4.49. The van der Waals surface area contributed by atoms with Crippen LogP contribution in [0.2, 0.25) is 0 Å². The van der Waals surface area contributed by atoms with Gasteiger partial charge in [-0.2, -0.15) is 0 Å². The van der Waals surface area contributed by atoms with Crippen molar-refractivity contribution in [3.8, 4) is 22.5 Å². The molecule has 5 heteroatoms. The summed E-state index contributed by atoms with van der Waals surface area (Å²) in [4.78, 5) is 27.9. The van der Waals surface area contributed by atoms with E-state index in [0.29, 0.717) is 13.1 Å². The zero-order chi connectivity index (χ0) is 24.3. The minimum absolute atomic E-state index is 0.0667. The van der Waals surface area contributed by atoms with Crippen molar-refractivity contribution in [1.29, 1.82) is 0 Å². The van der Waals surface area contributed by atoms with E-state index in [0.717, 1.165) is 64.7 Å². The predicted molar refractivity (Wildman–Crippen MR) is 144 cm³/mol. The summed E-state index contributed by atoms with van der Waals surface area (Å²) in [6.45, 7) is 3.23. The monoisotopic (exact) mass is 474 g/mol. The smallest absolute Gasteiger partial charge is 0.254 e. The van der Waals surface area contributed by atoms with E-state index in [1.54, 1.807) is 0 Å². The summed E-state index contributed by atoms with van der Waals surface area (Å²) in [5.41, 5.74) is 6.21. The number of aromatic nitrogens is 2. The van der Waals surface area contributed by atoms with Crippen LogP contribution in [-0.2, 0) is 13.0 Å². The highest BCUT2D eigenvalue weighted by Crippen LogP contribution is 2.32. The molecule has 4 aromatic rings. The fourth-order valence-corrected chi connectivity index (χ4v) is 5.27. The Balaban J connectivity index is 1.29. The second kappa shape index (κ2) is 9.94. The SMILES string of the molecule is O=C(c1ccc(-c2ccccc2)cc1)N1CCc2nc(-c3ccccc3)nc(N3CCCCC3)c2C1. The van der Waals surface area contributed by atoms with Gasteiger partial charge in [-0.3, -0.25) is 4.79 Å². The lowest BCUT2D eigenvalue weighted by atomic mass is 10.0. The van der Waals surface area contributed by atoms with Gasteiger partial charge >= 0.3 is 0 Å². The van der Waals surface area contributed by atoms with Crippen molar-refractivity contribution in [3.05, 3.63) is 102 Å². The molecule has 0 unspecified atom stereocenters. The van der Waals surface area contributed by atoms with E-state index in [9.17, 15) is 4.79 Å². The van der Waals surface area contributed by atoms with Crippen LogP contribution < -0.4 is 4.90 Å². The van der Waals surface area contributed by atoms with E-state index in [-0.39, 0.29) is 5.91 Å². The molecule has 0 aliphatic carbocycles. The number of carbonyl (C=O) groups excluding carboxylic acids is 1. The first-order chi connectivity index (χ1) is 17.8. The molecule has 3 heterocycles. The topological polar surface area (TPSA) is 49.3 Å². The normalized spacial score (nSPS) is 15.4. The van der Waals surface area contributed by atoms with E-state index in [1.807, 2.05) is 65.6 Å². The van der Waals surface area contributed by atoms with E-state index in [1.165, 1.54) is 19.3 Å². The standard InChI is InChI=1S/C31H30N4O/c36-31(26-16-14-24(15-17-26)23-10-4-1-5-11-23)35-21-18-28-27(22-35)30(34-19-8-3-9-20-34)33-29(32-28)25-12-6-2-7-13-25/h1-2,4-7,10-17H,3,8-9,18-22H2. The zero-order valence-corrected chi connectivity index (χ0v) is 20.4. The second-order valence-electron chi connectivity index (χ2n) is 9.63. The van der Waals surface area contributed by atoms with Gasteiger partial charge in [-0.05, 0) is 42.5 Å². The maximum absolute atomic E-state index is 13.5. The molecule has 0 spiro atoms. The van der Waals surface area contributed by atoms with Crippen molar-refractivity contribution >= 4 is 11.7 Å². The number of rotatable bonds is 4. The number of hydrogen-bond donors (Lipinski definition) is 0. The van der Waals surface area contributed by atoms with Crippen LogP contribution in [0.4, 0.5) is 5.82 Å². The molecule has 36 heavy (non-hydrogen) atoms. The van der Waals surface area contributed by atoms with Crippen molar-refractivity contribution in [2.45, 2.75) is 32.2 Å². The van der Waals surface area contributed by atoms with Crippen molar-refractivity contribution in [2.24, 2.45) is 0 Å². The van der Waals surface area contributed by atoms with Crippen LogP contribution in [0.1, 0.15) is 40.9 Å². The average Bonchev–Trinajstić information content (AvgIpc) is 2.97. The maximum Gasteiger partial charge on any atom is 0.254 e. The highest BCUT2D eigenvalue weighted by molar-refractivity contribution is 5.95. The summed E-state index contributed by atoms with van der Waals surface area (Å²) in [6, 6.07) is 28.4. The Hall–Kier alpha value is -3.99. The molecule has 0 radical (unpaired) electrons. The molecule has 0 saturated carbocycles. The van der Waals surface area contributed by atoms with Gasteiger partial charge in [0.05, 0.1) is 12.2 Å². The van der Waals surface area contributed by atoms with Crippen LogP contribution >= 0.6 is 0 Å². The fourth-order valence-electron chi connectivity index (χ4n) is 5.27. The molecule has 1 fully saturated rings. The molecule has 2 aliphatic heterocycles. The molecule has 3 aromatic carbocycles. The van der Waals surface area contributed by atoms with Gasteiger partial charge in [0, 0.05) is 42.7 Å². The van der Waals surface area contributed by atoms with Gasteiger partial charge in [0.15, 0.2) is 5.82 Å². The Labute approximate surface area is 212 Å². The molecule has 0 bridgehead atoms. The Bertz CT molecular complexity index is 1350. The van der Waals surface area contributed by atoms with Crippen LogP contribution in [0.15, 0.2) is 84.9 Å². The number of amides is 1. The number of hydrogen-bond acceptors (Lipinski definition) is 4. The number of nitrogens with zero attached hydrogens (tertiary/aromatic N) is 4. The molecule has 1 amide bonds. The van der Waals surface area contributed by atoms with Crippen LogP contribution in [0.3, 0.4) is 0 Å². The third-order valence-electron chi connectivity index (χ3n) is 7.25. The molecule has 0 atom stereocenters. The summed E-state index contributed by atoms with van der Waals surface area (Å²) in [5.74, 6) is 1.86.